The standard InChI is InChI=1S/C20H26N2O4S/c1-3-17-10-7-8-13-19(17)22(16-20(23)21-14-9-15-26-2)27(24,25)18-11-5-4-6-12-18/h4-8,10-13H,3,9,14-16H2,1-2H3,(H,21,23). The highest BCUT2D eigenvalue weighted by Gasteiger charge is 2.28. The van der Waals surface area contributed by atoms with Crippen LogP contribution in [0, 0.1) is 0 Å². The third kappa shape index (κ3) is 5.55. The summed E-state index contributed by atoms with van der Waals surface area (Å²) < 4.78 is 32.6. The quantitative estimate of drug-likeness (QED) is 0.633. The van der Waals surface area contributed by atoms with Crippen LogP contribution in [0.1, 0.15) is 18.9 Å². The van der Waals surface area contributed by atoms with E-state index in [0.29, 0.717) is 31.7 Å². The van der Waals surface area contributed by atoms with Crippen molar-refractivity contribution >= 4 is 21.6 Å². The lowest BCUT2D eigenvalue weighted by Gasteiger charge is -2.26. The van der Waals surface area contributed by atoms with E-state index >= 15 is 0 Å². The predicted octanol–water partition coefficient (Wildman–Crippen LogP) is 2.60. The number of para-hydroxylation sites is 1. The minimum absolute atomic E-state index is 0.156. The van der Waals surface area contributed by atoms with Crippen molar-refractivity contribution in [2.24, 2.45) is 0 Å². The number of nitrogens with one attached hydrogen (secondary N) is 1. The number of amides is 1. The molecule has 2 aromatic rings. The molecule has 0 saturated carbocycles. The summed E-state index contributed by atoms with van der Waals surface area (Å²) in [5.41, 5.74) is 1.39. The van der Waals surface area contributed by atoms with Crippen molar-refractivity contribution in [2.75, 3.05) is 31.1 Å². The normalized spacial score (nSPS) is 11.2. The molecule has 0 bridgehead atoms. The van der Waals surface area contributed by atoms with Crippen LogP contribution >= 0.6 is 0 Å². The number of nitrogens with zero attached hydrogens (tertiary/aromatic N) is 1. The van der Waals surface area contributed by atoms with Gasteiger partial charge in [-0.05, 0) is 36.6 Å². The predicted molar refractivity (Wildman–Crippen MR) is 106 cm³/mol. The molecule has 0 aliphatic rings. The average Bonchev–Trinajstić information content (AvgIpc) is 2.70. The number of carbonyl (C=O) groups is 1. The highest BCUT2D eigenvalue weighted by molar-refractivity contribution is 7.92. The Balaban J connectivity index is 2.33. The maximum Gasteiger partial charge on any atom is 0.264 e. The Kier molecular flexibility index (Phi) is 7.82. The summed E-state index contributed by atoms with van der Waals surface area (Å²) in [7, 11) is -2.27. The van der Waals surface area contributed by atoms with E-state index in [1.54, 1.807) is 37.4 Å². The molecule has 0 fully saturated rings. The summed E-state index contributed by atoms with van der Waals surface area (Å²) in [5, 5.41) is 2.75. The number of sulfonamides is 1. The molecule has 0 unspecified atom stereocenters. The molecule has 0 aliphatic heterocycles. The van der Waals surface area contributed by atoms with Crippen molar-refractivity contribution in [1.29, 1.82) is 0 Å². The zero-order valence-corrected chi connectivity index (χ0v) is 16.5. The molecule has 0 heterocycles. The van der Waals surface area contributed by atoms with Crippen LogP contribution in [-0.4, -0.2) is 41.1 Å². The Morgan fingerprint density at radius 2 is 1.74 bits per heavy atom. The lowest BCUT2D eigenvalue weighted by atomic mass is 10.1. The first kappa shape index (κ1) is 20.9. The van der Waals surface area contributed by atoms with Gasteiger partial charge in [0.1, 0.15) is 6.54 Å². The van der Waals surface area contributed by atoms with E-state index in [1.165, 1.54) is 16.4 Å². The molecule has 0 aromatic heterocycles. The van der Waals surface area contributed by atoms with E-state index in [4.69, 9.17) is 4.74 Å². The number of benzene rings is 2. The van der Waals surface area contributed by atoms with Crippen molar-refractivity contribution in [1.82, 2.24) is 5.32 Å². The monoisotopic (exact) mass is 390 g/mol. The largest absolute Gasteiger partial charge is 0.385 e. The number of carbonyl (C=O) groups excluding carboxylic acids is 1. The Bertz CT molecular complexity index is 838. The molecule has 2 rings (SSSR count). The fourth-order valence-corrected chi connectivity index (χ4v) is 4.18. The summed E-state index contributed by atoms with van der Waals surface area (Å²) in [4.78, 5) is 12.6. The Hall–Kier alpha value is -2.38. The van der Waals surface area contributed by atoms with Gasteiger partial charge in [-0.15, -0.1) is 0 Å². The van der Waals surface area contributed by atoms with Crippen LogP contribution in [0.3, 0.4) is 0 Å². The van der Waals surface area contributed by atoms with Gasteiger partial charge in [-0.2, -0.15) is 0 Å². The summed E-state index contributed by atoms with van der Waals surface area (Å²) in [6.07, 6.45) is 1.33. The minimum atomic E-state index is -3.87. The van der Waals surface area contributed by atoms with Gasteiger partial charge in [-0.1, -0.05) is 43.3 Å². The van der Waals surface area contributed by atoms with Gasteiger partial charge in [0, 0.05) is 20.3 Å². The molecule has 0 saturated heterocycles. The van der Waals surface area contributed by atoms with Crippen molar-refractivity contribution in [3.05, 3.63) is 60.2 Å². The first-order valence-corrected chi connectivity index (χ1v) is 10.4. The second-order valence-corrected chi connectivity index (χ2v) is 7.87. The van der Waals surface area contributed by atoms with Crippen LogP contribution in [0.2, 0.25) is 0 Å². The van der Waals surface area contributed by atoms with Gasteiger partial charge < -0.3 is 10.1 Å². The minimum Gasteiger partial charge on any atom is -0.385 e. The maximum absolute atomic E-state index is 13.2. The molecule has 0 radical (unpaired) electrons. The molecule has 0 aliphatic carbocycles. The van der Waals surface area contributed by atoms with Gasteiger partial charge in [0.25, 0.3) is 10.0 Å². The van der Waals surface area contributed by atoms with E-state index < -0.39 is 10.0 Å². The van der Waals surface area contributed by atoms with E-state index in [1.807, 2.05) is 19.1 Å². The molecule has 0 atom stereocenters. The summed E-state index contributed by atoms with van der Waals surface area (Å²) >= 11 is 0. The van der Waals surface area contributed by atoms with Crippen LogP contribution in [-0.2, 0) is 26.0 Å². The molecule has 7 heteroatoms. The van der Waals surface area contributed by atoms with Crippen LogP contribution in [0.4, 0.5) is 5.69 Å². The van der Waals surface area contributed by atoms with Gasteiger partial charge in [-0.25, -0.2) is 8.42 Å². The second kappa shape index (κ2) is 10.1. The SMILES string of the molecule is CCc1ccccc1N(CC(=O)NCCCOC)S(=O)(=O)c1ccccc1. The first-order valence-electron chi connectivity index (χ1n) is 8.92. The van der Waals surface area contributed by atoms with Crippen molar-refractivity contribution in [3.8, 4) is 0 Å². The molecular weight excluding hydrogens is 364 g/mol. The summed E-state index contributed by atoms with van der Waals surface area (Å²) in [5.74, 6) is -0.350. The van der Waals surface area contributed by atoms with Crippen LogP contribution in [0.5, 0.6) is 0 Å². The molecular formula is C20H26N2O4S. The Labute approximate surface area is 161 Å². The highest BCUT2D eigenvalue weighted by Crippen LogP contribution is 2.27. The molecule has 1 amide bonds. The van der Waals surface area contributed by atoms with Crippen molar-refractivity contribution in [2.45, 2.75) is 24.7 Å². The number of aryl methyl sites for hydroxylation is 1. The van der Waals surface area contributed by atoms with Crippen LogP contribution in [0.15, 0.2) is 59.5 Å². The van der Waals surface area contributed by atoms with Crippen molar-refractivity contribution < 1.29 is 17.9 Å². The zero-order valence-electron chi connectivity index (χ0n) is 15.7. The third-order valence-corrected chi connectivity index (χ3v) is 5.88. The lowest BCUT2D eigenvalue weighted by molar-refractivity contribution is -0.119. The fraction of sp³-hybridized carbons (Fsp3) is 0.350. The van der Waals surface area contributed by atoms with E-state index in [0.717, 1.165) is 5.56 Å². The van der Waals surface area contributed by atoms with Gasteiger partial charge in [0.2, 0.25) is 5.91 Å². The van der Waals surface area contributed by atoms with E-state index in [-0.39, 0.29) is 17.3 Å². The van der Waals surface area contributed by atoms with Crippen LogP contribution in [0.25, 0.3) is 0 Å². The Morgan fingerprint density at radius 1 is 1.07 bits per heavy atom. The number of rotatable bonds is 10. The molecule has 0 spiro atoms. The van der Waals surface area contributed by atoms with Crippen molar-refractivity contribution in [3.63, 3.8) is 0 Å². The fourth-order valence-electron chi connectivity index (χ4n) is 2.70. The van der Waals surface area contributed by atoms with Gasteiger partial charge in [-0.3, -0.25) is 9.10 Å². The summed E-state index contributed by atoms with van der Waals surface area (Å²) in [6.45, 7) is 2.64. The topological polar surface area (TPSA) is 75.7 Å². The maximum atomic E-state index is 13.2. The number of ether oxygens (including phenoxy) is 1. The molecule has 1 N–H and O–H groups in total. The molecule has 27 heavy (non-hydrogen) atoms. The molecule has 2 aromatic carbocycles. The van der Waals surface area contributed by atoms with Gasteiger partial charge in [0.05, 0.1) is 10.6 Å². The van der Waals surface area contributed by atoms with Gasteiger partial charge >= 0.3 is 0 Å². The Morgan fingerprint density at radius 3 is 2.41 bits per heavy atom. The van der Waals surface area contributed by atoms with E-state index in [9.17, 15) is 13.2 Å². The first-order chi connectivity index (χ1) is 13.0. The molecule has 146 valence electrons. The summed E-state index contributed by atoms with van der Waals surface area (Å²) in [6, 6.07) is 15.4. The van der Waals surface area contributed by atoms with E-state index in [2.05, 4.69) is 5.32 Å². The second-order valence-electron chi connectivity index (χ2n) is 6.00. The lowest BCUT2D eigenvalue weighted by Crippen LogP contribution is -2.41. The zero-order chi connectivity index (χ0) is 19.7. The number of methoxy groups -OCH3 is 1. The third-order valence-electron chi connectivity index (χ3n) is 4.11. The number of hydrogen-bond donors (Lipinski definition) is 1. The molecule has 6 nitrogen and oxygen atoms in total. The van der Waals surface area contributed by atoms with Crippen LogP contribution < -0.4 is 9.62 Å². The number of hydrogen-bond acceptors (Lipinski definition) is 4. The average molecular weight is 391 g/mol. The van der Waals surface area contributed by atoms with Gasteiger partial charge in [0.15, 0.2) is 0 Å². The smallest absolute Gasteiger partial charge is 0.264 e. The number of anilines is 1. The highest BCUT2D eigenvalue weighted by atomic mass is 32.2.